The van der Waals surface area contributed by atoms with Gasteiger partial charge >= 0.3 is 0 Å². The lowest BCUT2D eigenvalue weighted by Gasteiger charge is -2.34. The van der Waals surface area contributed by atoms with Crippen molar-refractivity contribution in [3.8, 4) is 0 Å². The van der Waals surface area contributed by atoms with E-state index in [2.05, 4.69) is 17.5 Å². The van der Waals surface area contributed by atoms with E-state index in [1.54, 1.807) is 0 Å². The van der Waals surface area contributed by atoms with Gasteiger partial charge in [-0.2, -0.15) is 12.6 Å². The van der Waals surface area contributed by atoms with Crippen molar-refractivity contribution in [2.24, 2.45) is 0 Å². The van der Waals surface area contributed by atoms with Crippen LogP contribution in [-0.4, -0.2) is 67.9 Å². The third kappa shape index (κ3) is 4.14. The first kappa shape index (κ1) is 12.3. The molecule has 0 saturated carbocycles. The van der Waals surface area contributed by atoms with Crippen molar-refractivity contribution in [3.05, 3.63) is 0 Å². The van der Waals surface area contributed by atoms with Crippen LogP contribution in [0.1, 0.15) is 0 Å². The summed E-state index contributed by atoms with van der Waals surface area (Å²) in [6.45, 7) is 4.69. The zero-order valence-electron chi connectivity index (χ0n) is 8.39. The van der Waals surface area contributed by atoms with E-state index in [1.807, 2.05) is 0 Å². The maximum atomic E-state index is 9.09. The van der Waals surface area contributed by atoms with Gasteiger partial charge in [0.1, 0.15) is 0 Å². The van der Waals surface area contributed by atoms with Crippen molar-refractivity contribution >= 4 is 12.6 Å². The van der Waals surface area contributed by atoms with Crippen LogP contribution in [0.5, 0.6) is 0 Å². The normalized spacial score (nSPS) is 24.0. The summed E-state index contributed by atoms with van der Waals surface area (Å²) in [5.74, 6) is 0.756. The molecule has 0 radical (unpaired) electrons. The first-order chi connectivity index (χ1) is 6.88. The third-order valence-electron chi connectivity index (χ3n) is 2.32. The van der Waals surface area contributed by atoms with Gasteiger partial charge < -0.3 is 14.6 Å². The second kappa shape index (κ2) is 7.48. The average Bonchev–Trinajstić information content (AvgIpc) is 2.25. The van der Waals surface area contributed by atoms with Gasteiger partial charge in [-0.25, -0.2) is 0 Å². The number of nitrogens with zero attached hydrogens (tertiary/aromatic N) is 1. The van der Waals surface area contributed by atoms with E-state index < -0.39 is 0 Å². The monoisotopic (exact) mass is 221 g/mol. The number of aliphatic hydroxyl groups is 1. The van der Waals surface area contributed by atoms with Gasteiger partial charge in [-0.1, -0.05) is 0 Å². The Morgan fingerprint density at radius 1 is 1.50 bits per heavy atom. The summed E-state index contributed by atoms with van der Waals surface area (Å²) in [4.78, 5) is 2.21. The first-order valence-electron chi connectivity index (χ1n) is 4.99. The van der Waals surface area contributed by atoms with E-state index >= 15 is 0 Å². The summed E-state index contributed by atoms with van der Waals surface area (Å²) in [5, 5.41) is 9.09. The highest BCUT2D eigenvalue weighted by Gasteiger charge is 2.21. The quantitative estimate of drug-likeness (QED) is 0.474. The number of aliphatic hydroxyl groups excluding tert-OH is 1. The lowest BCUT2D eigenvalue weighted by Crippen LogP contribution is -2.48. The van der Waals surface area contributed by atoms with E-state index in [-0.39, 0.29) is 12.6 Å². The molecule has 0 aromatic carbocycles. The van der Waals surface area contributed by atoms with Gasteiger partial charge in [0.05, 0.1) is 39.1 Å². The SMILES string of the molecule is OCC1COCCN1CCOCCS. The summed E-state index contributed by atoms with van der Waals surface area (Å²) in [6, 6.07) is 0.142. The molecular weight excluding hydrogens is 202 g/mol. The Labute approximate surface area is 90.6 Å². The summed E-state index contributed by atoms with van der Waals surface area (Å²) in [7, 11) is 0. The van der Waals surface area contributed by atoms with Crippen LogP contribution in [-0.2, 0) is 9.47 Å². The van der Waals surface area contributed by atoms with Crippen LogP contribution in [0.4, 0.5) is 0 Å². The fourth-order valence-corrected chi connectivity index (χ4v) is 1.63. The van der Waals surface area contributed by atoms with E-state index in [0.717, 1.165) is 25.4 Å². The number of thiol groups is 1. The standard InChI is InChI=1S/C9H19NO3S/c11-7-9-8-13-4-2-10(9)1-3-12-5-6-14/h9,11,14H,1-8H2. The number of hydrogen-bond acceptors (Lipinski definition) is 5. The van der Waals surface area contributed by atoms with Crippen LogP contribution in [0.15, 0.2) is 0 Å². The Kier molecular flexibility index (Phi) is 6.55. The van der Waals surface area contributed by atoms with Crippen LogP contribution in [0.3, 0.4) is 0 Å². The van der Waals surface area contributed by atoms with E-state index in [4.69, 9.17) is 14.6 Å². The predicted molar refractivity (Wildman–Crippen MR) is 57.9 cm³/mol. The zero-order valence-corrected chi connectivity index (χ0v) is 9.29. The molecule has 4 nitrogen and oxygen atoms in total. The smallest absolute Gasteiger partial charge is 0.0644 e. The molecule has 14 heavy (non-hydrogen) atoms. The molecule has 0 aromatic heterocycles. The summed E-state index contributed by atoms with van der Waals surface area (Å²) in [5.41, 5.74) is 0. The summed E-state index contributed by atoms with van der Waals surface area (Å²) >= 11 is 4.06. The minimum Gasteiger partial charge on any atom is -0.395 e. The van der Waals surface area contributed by atoms with Crippen LogP contribution in [0.25, 0.3) is 0 Å². The summed E-state index contributed by atoms with van der Waals surface area (Å²) < 4.78 is 10.6. The van der Waals surface area contributed by atoms with E-state index in [0.29, 0.717) is 19.8 Å². The van der Waals surface area contributed by atoms with Gasteiger partial charge in [0.2, 0.25) is 0 Å². The maximum absolute atomic E-state index is 9.09. The Morgan fingerprint density at radius 3 is 3.07 bits per heavy atom. The van der Waals surface area contributed by atoms with Crippen LogP contribution in [0.2, 0.25) is 0 Å². The molecule has 0 aliphatic carbocycles. The molecule has 1 fully saturated rings. The largest absolute Gasteiger partial charge is 0.395 e. The van der Waals surface area contributed by atoms with Crippen molar-refractivity contribution in [2.75, 3.05) is 51.9 Å². The minimum absolute atomic E-state index is 0.142. The van der Waals surface area contributed by atoms with Crippen LogP contribution >= 0.6 is 12.6 Å². The van der Waals surface area contributed by atoms with Crippen molar-refractivity contribution in [1.29, 1.82) is 0 Å². The number of rotatable bonds is 6. The fraction of sp³-hybridized carbons (Fsp3) is 1.00. The Balaban J connectivity index is 2.13. The lowest BCUT2D eigenvalue weighted by molar-refractivity contribution is -0.0369. The van der Waals surface area contributed by atoms with Crippen LogP contribution < -0.4 is 0 Å². The van der Waals surface area contributed by atoms with Gasteiger partial charge in [-0.15, -0.1) is 0 Å². The van der Waals surface area contributed by atoms with E-state index in [1.165, 1.54) is 0 Å². The Bertz CT molecular complexity index is 148. The zero-order chi connectivity index (χ0) is 10.2. The molecule has 0 amide bonds. The molecule has 1 N–H and O–H groups in total. The number of hydrogen-bond donors (Lipinski definition) is 2. The molecule has 0 bridgehead atoms. The maximum Gasteiger partial charge on any atom is 0.0644 e. The van der Waals surface area contributed by atoms with Crippen molar-refractivity contribution in [3.63, 3.8) is 0 Å². The Hall–Kier alpha value is 0.190. The predicted octanol–water partition coefficient (Wildman–Crippen LogP) is -0.374. The second-order valence-electron chi connectivity index (χ2n) is 3.28. The first-order valence-corrected chi connectivity index (χ1v) is 5.63. The number of morpholine rings is 1. The molecule has 1 atom stereocenters. The van der Waals surface area contributed by atoms with Crippen molar-refractivity contribution in [2.45, 2.75) is 6.04 Å². The molecule has 0 spiro atoms. The van der Waals surface area contributed by atoms with E-state index in [9.17, 15) is 0 Å². The van der Waals surface area contributed by atoms with Gasteiger partial charge in [-0.05, 0) is 0 Å². The van der Waals surface area contributed by atoms with Gasteiger partial charge in [0.25, 0.3) is 0 Å². The molecule has 0 aromatic rings. The molecule has 1 aliphatic rings. The molecular formula is C9H19NO3S. The lowest BCUT2D eigenvalue weighted by atomic mass is 10.2. The topological polar surface area (TPSA) is 41.9 Å². The fourth-order valence-electron chi connectivity index (χ4n) is 1.50. The highest BCUT2D eigenvalue weighted by atomic mass is 32.1. The third-order valence-corrected chi connectivity index (χ3v) is 2.50. The molecule has 84 valence electrons. The van der Waals surface area contributed by atoms with Crippen molar-refractivity contribution in [1.82, 2.24) is 4.90 Å². The summed E-state index contributed by atoms with van der Waals surface area (Å²) in [6.07, 6.45) is 0. The number of ether oxygens (including phenoxy) is 2. The van der Waals surface area contributed by atoms with Crippen molar-refractivity contribution < 1.29 is 14.6 Å². The van der Waals surface area contributed by atoms with Gasteiger partial charge in [-0.3, -0.25) is 4.90 Å². The molecule has 1 saturated heterocycles. The molecule has 1 unspecified atom stereocenters. The van der Waals surface area contributed by atoms with Gasteiger partial charge in [0.15, 0.2) is 0 Å². The Morgan fingerprint density at radius 2 is 2.36 bits per heavy atom. The molecule has 5 heteroatoms. The minimum atomic E-state index is 0.142. The highest BCUT2D eigenvalue weighted by Crippen LogP contribution is 2.05. The molecule has 1 aliphatic heterocycles. The molecule has 1 rings (SSSR count). The molecule has 1 heterocycles. The highest BCUT2D eigenvalue weighted by molar-refractivity contribution is 7.80. The van der Waals surface area contributed by atoms with Gasteiger partial charge in [0, 0.05) is 18.8 Å². The van der Waals surface area contributed by atoms with Crippen LogP contribution in [0, 0.1) is 0 Å². The average molecular weight is 221 g/mol. The second-order valence-corrected chi connectivity index (χ2v) is 3.73.